The minimum Gasteiger partial charge on any atom is -0.508 e. The monoisotopic (exact) mass is 195 g/mol. The summed E-state index contributed by atoms with van der Waals surface area (Å²) in [7, 11) is 3.71. The van der Waals surface area contributed by atoms with Crippen LogP contribution >= 0.6 is 0 Å². The lowest BCUT2D eigenvalue weighted by Crippen LogP contribution is -2.19. The van der Waals surface area contributed by atoms with Crippen LogP contribution in [0.4, 0.5) is 5.69 Å². The maximum atomic E-state index is 9.28. The van der Waals surface area contributed by atoms with Crippen molar-refractivity contribution in [3.8, 4) is 5.75 Å². The third-order valence-electron chi connectivity index (χ3n) is 2.11. The van der Waals surface area contributed by atoms with E-state index in [1.165, 1.54) is 0 Å². The standard InChI is InChI=1S/C11H17NO2/c1-12(7-4-8-14-2)10-5-3-6-11(13)9-10/h3,5-6,9,13H,4,7-8H2,1-2H3. The van der Waals surface area contributed by atoms with Gasteiger partial charge in [0, 0.05) is 39.1 Å². The minimum absolute atomic E-state index is 0.307. The molecule has 0 atom stereocenters. The van der Waals surface area contributed by atoms with Gasteiger partial charge in [-0.2, -0.15) is 0 Å². The Morgan fingerprint density at radius 1 is 1.43 bits per heavy atom. The van der Waals surface area contributed by atoms with E-state index in [1.54, 1.807) is 19.2 Å². The summed E-state index contributed by atoms with van der Waals surface area (Å²) in [4.78, 5) is 2.10. The summed E-state index contributed by atoms with van der Waals surface area (Å²) in [5.41, 5.74) is 1.03. The molecular formula is C11H17NO2. The second kappa shape index (κ2) is 5.50. The molecule has 3 heteroatoms. The normalized spacial score (nSPS) is 10.1. The average Bonchev–Trinajstić information content (AvgIpc) is 2.18. The highest BCUT2D eigenvalue weighted by atomic mass is 16.5. The van der Waals surface area contributed by atoms with E-state index in [-0.39, 0.29) is 0 Å². The van der Waals surface area contributed by atoms with Crippen LogP contribution in [0.1, 0.15) is 6.42 Å². The summed E-state index contributed by atoms with van der Waals surface area (Å²) < 4.78 is 4.98. The van der Waals surface area contributed by atoms with Crippen LogP contribution in [0, 0.1) is 0 Å². The number of hydrogen-bond donors (Lipinski definition) is 1. The topological polar surface area (TPSA) is 32.7 Å². The SMILES string of the molecule is COCCCN(C)c1cccc(O)c1. The molecule has 0 aliphatic rings. The van der Waals surface area contributed by atoms with Crippen LogP contribution in [0.3, 0.4) is 0 Å². The number of hydrogen-bond acceptors (Lipinski definition) is 3. The van der Waals surface area contributed by atoms with E-state index in [4.69, 9.17) is 4.74 Å². The highest BCUT2D eigenvalue weighted by molar-refractivity contribution is 5.49. The third kappa shape index (κ3) is 3.26. The smallest absolute Gasteiger partial charge is 0.117 e. The molecular weight excluding hydrogens is 178 g/mol. The van der Waals surface area contributed by atoms with Crippen LogP contribution in [-0.4, -0.2) is 32.4 Å². The van der Waals surface area contributed by atoms with Crippen molar-refractivity contribution in [2.45, 2.75) is 6.42 Å². The molecule has 78 valence electrons. The van der Waals surface area contributed by atoms with Gasteiger partial charge in [-0.15, -0.1) is 0 Å². The summed E-state index contributed by atoms with van der Waals surface area (Å²) in [5.74, 6) is 0.307. The first-order chi connectivity index (χ1) is 6.74. The van der Waals surface area contributed by atoms with E-state index in [0.29, 0.717) is 5.75 Å². The zero-order chi connectivity index (χ0) is 10.4. The number of ether oxygens (including phenoxy) is 1. The predicted molar refractivity (Wildman–Crippen MR) is 57.9 cm³/mol. The van der Waals surface area contributed by atoms with Crippen LogP contribution in [0.2, 0.25) is 0 Å². The fourth-order valence-electron chi connectivity index (χ4n) is 1.31. The van der Waals surface area contributed by atoms with Crippen molar-refractivity contribution in [3.63, 3.8) is 0 Å². The van der Waals surface area contributed by atoms with Crippen molar-refractivity contribution in [2.24, 2.45) is 0 Å². The molecule has 0 aliphatic carbocycles. The number of phenols is 1. The Hall–Kier alpha value is -1.22. The Morgan fingerprint density at radius 2 is 2.21 bits per heavy atom. The molecule has 0 fully saturated rings. The Morgan fingerprint density at radius 3 is 2.86 bits per heavy atom. The maximum absolute atomic E-state index is 9.28. The summed E-state index contributed by atoms with van der Waals surface area (Å²) >= 11 is 0. The molecule has 0 radical (unpaired) electrons. The molecule has 1 N–H and O–H groups in total. The fourth-order valence-corrected chi connectivity index (χ4v) is 1.31. The number of aromatic hydroxyl groups is 1. The minimum atomic E-state index is 0.307. The van der Waals surface area contributed by atoms with Crippen molar-refractivity contribution in [3.05, 3.63) is 24.3 Å². The van der Waals surface area contributed by atoms with Crippen molar-refractivity contribution in [2.75, 3.05) is 32.2 Å². The van der Waals surface area contributed by atoms with Crippen LogP contribution in [0.15, 0.2) is 24.3 Å². The fraction of sp³-hybridized carbons (Fsp3) is 0.455. The van der Waals surface area contributed by atoms with Crippen molar-refractivity contribution < 1.29 is 9.84 Å². The van der Waals surface area contributed by atoms with Gasteiger partial charge in [-0.25, -0.2) is 0 Å². The molecule has 0 unspecified atom stereocenters. The van der Waals surface area contributed by atoms with Crippen LogP contribution in [0.5, 0.6) is 5.75 Å². The highest BCUT2D eigenvalue weighted by Crippen LogP contribution is 2.18. The van der Waals surface area contributed by atoms with Gasteiger partial charge < -0.3 is 14.7 Å². The molecule has 0 amide bonds. The predicted octanol–water partition coefficient (Wildman–Crippen LogP) is 1.86. The first-order valence-electron chi connectivity index (χ1n) is 4.73. The molecule has 1 rings (SSSR count). The molecule has 1 aromatic carbocycles. The van der Waals surface area contributed by atoms with Crippen molar-refractivity contribution in [1.82, 2.24) is 0 Å². The first kappa shape index (κ1) is 10.9. The molecule has 0 bridgehead atoms. The van der Waals surface area contributed by atoms with Crippen LogP contribution in [-0.2, 0) is 4.74 Å². The van der Waals surface area contributed by atoms with Gasteiger partial charge in [0.2, 0.25) is 0 Å². The van der Waals surface area contributed by atoms with Gasteiger partial charge >= 0.3 is 0 Å². The van der Waals surface area contributed by atoms with Gasteiger partial charge in [0.25, 0.3) is 0 Å². The molecule has 0 saturated carbocycles. The molecule has 0 aliphatic heterocycles. The molecule has 0 heterocycles. The number of anilines is 1. The lowest BCUT2D eigenvalue weighted by Gasteiger charge is -2.18. The quantitative estimate of drug-likeness (QED) is 0.728. The maximum Gasteiger partial charge on any atom is 0.117 e. The summed E-state index contributed by atoms with van der Waals surface area (Å²) in [6.45, 7) is 1.69. The van der Waals surface area contributed by atoms with E-state index in [0.717, 1.165) is 25.3 Å². The molecule has 0 saturated heterocycles. The van der Waals surface area contributed by atoms with Crippen molar-refractivity contribution in [1.29, 1.82) is 0 Å². The van der Waals surface area contributed by atoms with E-state index < -0.39 is 0 Å². The number of methoxy groups -OCH3 is 1. The van der Waals surface area contributed by atoms with E-state index in [1.807, 2.05) is 19.2 Å². The van der Waals surface area contributed by atoms with E-state index in [9.17, 15) is 5.11 Å². The largest absolute Gasteiger partial charge is 0.508 e. The van der Waals surface area contributed by atoms with Gasteiger partial charge in [0.1, 0.15) is 5.75 Å². The second-order valence-electron chi connectivity index (χ2n) is 3.29. The second-order valence-corrected chi connectivity index (χ2v) is 3.29. The number of phenolic OH excluding ortho intramolecular Hbond substituents is 1. The van der Waals surface area contributed by atoms with E-state index in [2.05, 4.69) is 4.90 Å². The highest BCUT2D eigenvalue weighted by Gasteiger charge is 2.00. The Balaban J connectivity index is 2.47. The lowest BCUT2D eigenvalue weighted by atomic mass is 10.2. The summed E-state index contributed by atoms with van der Waals surface area (Å²) in [5, 5.41) is 9.28. The molecule has 1 aromatic rings. The molecule has 14 heavy (non-hydrogen) atoms. The van der Waals surface area contributed by atoms with Gasteiger partial charge in [0.05, 0.1) is 0 Å². The number of nitrogens with zero attached hydrogens (tertiary/aromatic N) is 1. The van der Waals surface area contributed by atoms with E-state index >= 15 is 0 Å². The molecule has 3 nitrogen and oxygen atoms in total. The van der Waals surface area contributed by atoms with Crippen LogP contribution in [0.25, 0.3) is 0 Å². The van der Waals surface area contributed by atoms with Gasteiger partial charge in [-0.3, -0.25) is 0 Å². The van der Waals surface area contributed by atoms with Gasteiger partial charge in [0.15, 0.2) is 0 Å². The zero-order valence-electron chi connectivity index (χ0n) is 8.73. The molecule has 0 aromatic heterocycles. The summed E-state index contributed by atoms with van der Waals surface area (Å²) in [6.07, 6.45) is 0.989. The Bertz CT molecular complexity index is 276. The van der Waals surface area contributed by atoms with Crippen LogP contribution < -0.4 is 4.90 Å². The lowest BCUT2D eigenvalue weighted by molar-refractivity contribution is 0.196. The van der Waals surface area contributed by atoms with Gasteiger partial charge in [-0.1, -0.05) is 6.07 Å². The van der Waals surface area contributed by atoms with Crippen molar-refractivity contribution >= 4 is 5.69 Å². The summed E-state index contributed by atoms with van der Waals surface area (Å²) in [6, 6.07) is 7.25. The number of benzene rings is 1. The first-order valence-corrected chi connectivity index (χ1v) is 4.73. The number of rotatable bonds is 5. The zero-order valence-corrected chi connectivity index (χ0v) is 8.73. The van der Waals surface area contributed by atoms with Gasteiger partial charge in [-0.05, 0) is 18.6 Å². The Kier molecular flexibility index (Phi) is 4.26. The molecule has 0 spiro atoms. The average molecular weight is 195 g/mol. The Labute approximate surface area is 84.9 Å². The third-order valence-corrected chi connectivity index (χ3v) is 2.11.